The van der Waals surface area contributed by atoms with E-state index < -0.39 is 98.3 Å². The van der Waals surface area contributed by atoms with E-state index in [1.54, 1.807) is 33.7 Å². The Morgan fingerprint density at radius 3 is 1.88 bits per heavy atom. The van der Waals surface area contributed by atoms with Crippen LogP contribution in [0.4, 0.5) is 46.0 Å². The van der Waals surface area contributed by atoms with Gasteiger partial charge in [-0.25, -0.2) is 32.4 Å². The fourth-order valence-corrected chi connectivity index (χ4v) is 8.66. The number of nitro benzene ring substituents is 1. The number of carbonyl (C=O) groups is 4. The van der Waals surface area contributed by atoms with Crippen molar-refractivity contribution in [2.45, 2.75) is 35.9 Å². The zero-order valence-corrected chi connectivity index (χ0v) is 51.9. The number of benzene rings is 3. The molecule has 0 aliphatic heterocycles. The molecule has 0 fully saturated rings. The van der Waals surface area contributed by atoms with Gasteiger partial charge in [-0.05, 0) is 66.2 Å². The molecule has 0 aliphatic carbocycles. The van der Waals surface area contributed by atoms with Crippen LogP contribution in [-0.2, 0) is 46.7 Å². The summed E-state index contributed by atoms with van der Waals surface area (Å²) in [6.07, 6.45) is 0.868. The first-order valence-electron chi connectivity index (χ1n) is 24.0. The number of ether oxygens (including phenoxy) is 4. The van der Waals surface area contributed by atoms with Gasteiger partial charge < -0.3 is 49.0 Å². The number of sulfonamides is 2. The van der Waals surface area contributed by atoms with Crippen molar-refractivity contribution in [1.82, 2.24) is 49.6 Å². The Labute approximate surface area is 508 Å². The summed E-state index contributed by atoms with van der Waals surface area (Å²) in [6.45, 7) is 1.02. The molecule has 1 unspecified atom stereocenters. The van der Waals surface area contributed by atoms with Gasteiger partial charge in [-0.2, -0.15) is 46.5 Å². The van der Waals surface area contributed by atoms with Gasteiger partial charge in [-0.15, -0.1) is 0 Å². The van der Waals surface area contributed by atoms with Gasteiger partial charge in [0, 0.05) is 32.8 Å². The summed E-state index contributed by atoms with van der Waals surface area (Å²) in [4.78, 5) is 97.7. The van der Waals surface area contributed by atoms with Gasteiger partial charge in [0.1, 0.15) is 35.6 Å². The van der Waals surface area contributed by atoms with Gasteiger partial charge >= 0.3 is 30.2 Å². The highest BCUT2D eigenvalue weighted by atomic mass is 35.5. The smallest absolute Gasteiger partial charge is 0.389 e. The molecule has 40 heteroatoms. The Bertz CT molecular complexity index is 3620. The molecule has 0 saturated heterocycles. The van der Waals surface area contributed by atoms with Gasteiger partial charge in [-0.1, -0.05) is 48.0 Å². The van der Waals surface area contributed by atoms with Crippen LogP contribution in [0.2, 0.25) is 5.02 Å². The summed E-state index contributed by atoms with van der Waals surface area (Å²) in [6, 6.07) is 18.3. The zero-order chi connectivity index (χ0) is 66.7. The molecule has 9 N–H and O–H groups in total. The SMILES string of the molecule is COc1cc(OC)nc(NC(=O)NS(=O)(=O)c2ncccc2C(=O)N(C)C)n1.COc1nc(C)nc(NC(=O)NS(=O)(=O)c2ccccc2CCC(F)(F)F)n1.C[S+](C)C.Nc1c([N+](=O)[O-])ccc(Oc2ccccc2)c1Cl.O=C(O)CNCP(=O)([O-])O. The van der Waals surface area contributed by atoms with Crippen molar-refractivity contribution in [2.24, 2.45) is 0 Å². The maximum absolute atomic E-state index is 12.5. The molecule has 6 rings (SSSR count). The number of nitro groups is 1. The molecule has 0 saturated carbocycles. The summed E-state index contributed by atoms with van der Waals surface area (Å²) in [5.41, 5.74) is 4.99. The number of para-hydroxylation sites is 1. The van der Waals surface area contributed by atoms with E-state index in [1.165, 1.54) is 102 Å². The molecule has 0 radical (unpaired) electrons. The Balaban J connectivity index is 0.000000412. The number of pyridine rings is 1. The number of aryl methyl sites for hydroxylation is 2. The molecule has 480 valence electrons. The van der Waals surface area contributed by atoms with Crippen molar-refractivity contribution in [2.75, 3.05) is 83.4 Å². The van der Waals surface area contributed by atoms with E-state index in [0.717, 1.165) is 6.07 Å². The number of aromatic nitrogens is 6. The number of anilines is 3. The van der Waals surface area contributed by atoms with E-state index in [1.807, 2.05) is 11.4 Å². The summed E-state index contributed by atoms with van der Waals surface area (Å²) < 4.78 is 121. The van der Waals surface area contributed by atoms with Crippen molar-refractivity contribution >= 4 is 97.3 Å². The normalized spacial score (nSPS) is 11.5. The molecule has 0 bridgehead atoms. The highest BCUT2D eigenvalue weighted by molar-refractivity contribution is 7.94. The predicted molar refractivity (Wildman–Crippen MR) is 313 cm³/mol. The van der Waals surface area contributed by atoms with Crippen molar-refractivity contribution in [3.05, 3.63) is 123 Å². The van der Waals surface area contributed by atoms with Crippen molar-refractivity contribution in [3.63, 3.8) is 0 Å². The fraction of sp³-hybridized carbons (Fsp3) is 0.292. The summed E-state index contributed by atoms with van der Waals surface area (Å²) in [5.74, 6) is -1.02. The van der Waals surface area contributed by atoms with Gasteiger partial charge in [-0.3, -0.25) is 35.7 Å². The number of alkyl halides is 3. The van der Waals surface area contributed by atoms with Crippen molar-refractivity contribution < 1.29 is 92.5 Å². The third-order valence-electron chi connectivity index (χ3n) is 9.39. The van der Waals surface area contributed by atoms with Crippen LogP contribution in [0.25, 0.3) is 0 Å². The van der Waals surface area contributed by atoms with E-state index >= 15 is 0 Å². The number of methoxy groups -OCH3 is 3. The fourth-order valence-electron chi connectivity index (χ4n) is 5.85. The lowest BCUT2D eigenvalue weighted by molar-refractivity contribution is -0.383. The molecular formula is C48H59ClF3N14O18PS3. The van der Waals surface area contributed by atoms with E-state index in [9.17, 15) is 68.8 Å². The molecule has 1 atom stereocenters. The second-order valence-corrected chi connectivity index (χ2v) is 24.9. The highest BCUT2D eigenvalue weighted by Gasteiger charge is 2.30. The average molecular weight is 1340 g/mol. The quantitative estimate of drug-likeness (QED) is 0.0181. The monoisotopic (exact) mass is 1340 g/mol. The minimum absolute atomic E-state index is 0.0352. The maximum Gasteiger partial charge on any atom is 0.389 e. The number of nitrogens with zero attached hydrogens (tertiary/aromatic N) is 8. The first-order chi connectivity index (χ1) is 40.9. The van der Waals surface area contributed by atoms with Gasteiger partial charge in [0.2, 0.25) is 23.7 Å². The van der Waals surface area contributed by atoms with Crippen molar-refractivity contribution in [1.29, 1.82) is 0 Å². The standard InChI is InChI=1S/C15H16F3N5O4S.C15H18N6O6S.C12H9ClN2O3.C3H8NO5P.C3H9S/c1-9-19-12(22-14(20-9)27-2)21-13(24)23-28(25,26)11-6-4-3-5-10(11)7-8-15(16,17)18;1-21(2)13(22)9-6-5-7-16-12(9)28(24,25)20-15(23)19-14-17-10(26-3)8-11(18-14)27-4;13-11-10(18-8-4-2-1-3-5-8)7-6-9(12(11)14)15(16)17;5-3(6)1-4-2-10(7,8)9;1-4(2)3/h3-6H,7-8H2,1-2H3,(H2,19,20,21,22,23,24);5-8H,1-4H3,(H2,17,18,19,20,23);1-7H,14H2;4H,1-2H2,(H,5,6)(H2,7,8,9);1-3H3/q;;;;+1/p-1. The third kappa shape index (κ3) is 27.7. The molecule has 0 aliphatic rings. The van der Waals surface area contributed by atoms with E-state index in [4.69, 9.17) is 46.3 Å². The minimum Gasteiger partial charge on any atom is -0.778 e. The topological polar surface area (TPSA) is 464 Å². The van der Waals surface area contributed by atoms with E-state index in [2.05, 4.69) is 59.3 Å². The van der Waals surface area contributed by atoms with Gasteiger partial charge in [0.25, 0.3) is 31.6 Å². The molecule has 3 aromatic heterocycles. The van der Waals surface area contributed by atoms with E-state index in [0.29, 0.717) is 16.6 Å². The van der Waals surface area contributed by atoms with Crippen LogP contribution in [0.1, 0.15) is 28.2 Å². The minimum atomic E-state index is -4.46. The Kier molecular flexibility index (Phi) is 30.1. The van der Waals surface area contributed by atoms with Crippen LogP contribution in [0.3, 0.4) is 0 Å². The number of aliphatic carboxylic acids is 1. The molecule has 32 nitrogen and oxygen atoms in total. The summed E-state index contributed by atoms with van der Waals surface area (Å²) >= 11 is 5.94. The Morgan fingerprint density at radius 1 is 0.818 bits per heavy atom. The van der Waals surface area contributed by atoms with E-state index in [-0.39, 0.29) is 68.8 Å². The number of hydrogen-bond acceptors (Lipinski definition) is 24. The van der Waals surface area contributed by atoms with Crippen LogP contribution in [0, 0.1) is 17.0 Å². The molecule has 88 heavy (non-hydrogen) atoms. The van der Waals surface area contributed by atoms with Gasteiger partial charge in [0.05, 0.1) is 74.4 Å². The number of amides is 5. The highest BCUT2D eigenvalue weighted by Crippen LogP contribution is 2.39. The molecule has 3 aromatic carbocycles. The Morgan fingerprint density at radius 2 is 1.36 bits per heavy atom. The largest absolute Gasteiger partial charge is 0.778 e. The number of carboxylic acids is 1. The number of carbonyl (C=O) groups excluding carboxylic acids is 3. The van der Waals surface area contributed by atoms with Crippen LogP contribution < -0.4 is 55.0 Å². The molecular weight excluding hydrogens is 1280 g/mol. The molecule has 5 amide bonds. The van der Waals surface area contributed by atoms with Crippen molar-refractivity contribution in [3.8, 4) is 29.3 Å². The van der Waals surface area contributed by atoms with Crippen LogP contribution in [-0.4, -0.2) is 164 Å². The molecule has 0 spiro atoms. The second-order valence-electron chi connectivity index (χ2n) is 17.2. The average Bonchev–Trinajstić information content (AvgIpc) is 2.72. The number of halogens is 4. The lowest BCUT2D eigenvalue weighted by Crippen LogP contribution is -2.36. The lowest BCUT2D eigenvalue weighted by Gasteiger charge is -2.14. The Hall–Kier alpha value is -8.78. The summed E-state index contributed by atoms with van der Waals surface area (Å²) in [7, 11) is -5.70. The van der Waals surface area contributed by atoms with Gasteiger partial charge in [0.15, 0.2) is 5.03 Å². The number of rotatable bonds is 19. The van der Waals surface area contributed by atoms with Crippen LogP contribution in [0.15, 0.2) is 101 Å². The number of nitrogen functional groups attached to an aromatic ring is 1. The first-order valence-corrected chi connectivity index (χ1v) is 31.6. The number of nitrogens with one attached hydrogen (secondary N) is 5. The number of hydrogen-bond donors (Lipinski definition) is 8. The maximum atomic E-state index is 12.5. The van der Waals surface area contributed by atoms with Crippen LogP contribution in [0.5, 0.6) is 29.3 Å². The van der Waals surface area contributed by atoms with Crippen LogP contribution >= 0.6 is 19.2 Å². The number of nitrogens with two attached hydrogens (primary N) is 1. The third-order valence-corrected chi connectivity index (χ3v) is 13.1. The molecule has 6 aromatic rings. The first kappa shape index (κ1) is 75.3. The zero-order valence-electron chi connectivity index (χ0n) is 47.8. The predicted octanol–water partition coefficient (Wildman–Crippen LogP) is 4.58. The number of carboxylic acid groups (broad SMARTS) is 1. The summed E-state index contributed by atoms with van der Waals surface area (Å²) in [5, 5.41) is 24.4. The lowest BCUT2D eigenvalue weighted by atomic mass is 10.1. The molecule has 3 heterocycles. The second kappa shape index (κ2) is 35.1. The number of urea groups is 2.